The summed E-state index contributed by atoms with van der Waals surface area (Å²) in [7, 11) is 3.11. The number of pyridine rings is 1. The van der Waals surface area contributed by atoms with Crippen LogP contribution in [-0.4, -0.2) is 61.7 Å². The lowest BCUT2D eigenvalue weighted by Gasteiger charge is -2.33. The van der Waals surface area contributed by atoms with Gasteiger partial charge in [-0.25, -0.2) is 18.4 Å². The molecule has 4 aromatic heterocycles. The number of rotatable bonds is 8. The molecule has 2 aromatic carbocycles. The molecule has 0 saturated carbocycles. The molecule has 1 aliphatic heterocycles. The van der Waals surface area contributed by atoms with E-state index in [2.05, 4.69) is 11.7 Å². The maximum absolute atomic E-state index is 16.1. The SMILES string of the molecule is C=CC(=O)N1Cc2cc(-c3nc(-c4ccc5c(=O)n(C)ncc5c4)c4ccsc4c3-c3c(F)cc(F)cc3OCCOC)nn2CC1C. The number of thiophene rings is 1. The monoisotopic (exact) mass is 668 g/mol. The van der Waals surface area contributed by atoms with E-state index in [0.717, 1.165) is 23.2 Å². The fourth-order valence-electron chi connectivity index (χ4n) is 6.14. The first-order valence-electron chi connectivity index (χ1n) is 15.2. The molecule has 7 rings (SSSR count). The zero-order valence-electron chi connectivity index (χ0n) is 26.4. The topological polar surface area (TPSA) is 104 Å². The summed E-state index contributed by atoms with van der Waals surface area (Å²) in [5.41, 5.74) is 3.07. The van der Waals surface area contributed by atoms with Gasteiger partial charge in [0.1, 0.15) is 35.4 Å². The first kappa shape index (κ1) is 31.3. The van der Waals surface area contributed by atoms with Crippen LogP contribution in [0.5, 0.6) is 5.75 Å². The molecule has 244 valence electrons. The summed E-state index contributed by atoms with van der Waals surface area (Å²) in [5, 5.41) is 12.8. The molecule has 1 aliphatic rings. The molecule has 0 N–H and O–H groups in total. The minimum Gasteiger partial charge on any atom is -0.490 e. The third kappa shape index (κ3) is 5.34. The molecule has 48 heavy (non-hydrogen) atoms. The second-order valence-corrected chi connectivity index (χ2v) is 12.5. The molecule has 1 amide bonds. The molecule has 0 saturated heterocycles. The van der Waals surface area contributed by atoms with Crippen LogP contribution in [-0.2, 0) is 29.7 Å². The Morgan fingerprint density at radius 1 is 1.10 bits per heavy atom. The third-order valence-corrected chi connectivity index (χ3v) is 9.44. The summed E-state index contributed by atoms with van der Waals surface area (Å²) in [6, 6.07) is 11.0. The van der Waals surface area contributed by atoms with Crippen molar-refractivity contribution in [2.24, 2.45) is 7.05 Å². The van der Waals surface area contributed by atoms with Gasteiger partial charge in [-0.15, -0.1) is 11.3 Å². The molecule has 13 heteroatoms. The number of aryl methyl sites for hydroxylation is 1. The van der Waals surface area contributed by atoms with Gasteiger partial charge in [0.2, 0.25) is 5.91 Å². The van der Waals surface area contributed by atoms with Gasteiger partial charge in [0.15, 0.2) is 0 Å². The van der Waals surface area contributed by atoms with E-state index in [1.807, 2.05) is 41.3 Å². The first-order valence-corrected chi connectivity index (χ1v) is 16.0. The average Bonchev–Trinajstić information content (AvgIpc) is 3.73. The van der Waals surface area contributed by atoms with E-state index in [4.69, 9.17) is 19.6 Å². The smallest absolute Gasteiger partial charge is 0.274 e. The number of aromatic nitrogens is 5. The van der Waals surface area contributed by atoms with Gasteiger partial charge < -0.3 is 14.4 Å². The molecule has 0 aliphatic carbocycles. The number of hydrogen-bond donors (Lipinski definition) is 0. The molecule has 10 nitrogen and oxygen atoms in total. The Bertz CT molecular complexity index is 2310. The normalized spacial score (nSPS) is 14.4. The minimum atomic E-state index is -0.819. The van der Waals surface area contributed by atoms with Crippen molar-refractivity contribution >= 4 is 38.1 Å². The number of hydrogen-bond acceptors (Lipinski definition) is 8. The molecule has 5 heterocycles. The molecule has 6 aromatic rings. The maximum atomic E-state index is 16.1. The number of fused-ring (bicyclic) bond motifs is 3. The average molecular weight is 669 g/mol. The van der Waals surface area contributed by atoms with Gasteiger partial charge in [-0.1, -0.05) is 12.6 Å². The van der Waals surface area contributed by atoms with Crippen LogP contribution in [0.1, 0.15) is 12.6 Å². The summed E-state index contributed by atoms with van der Waals surface area (Å²) in [6.45, 7) is 6.58. The maximum Gasteiger partial charge on any atom is 0.274 e. The Balaban J connectivity index is 1.50. The molecular formula is C35H30F2N6O4S. The van der Waals surface area contributed by atoms with Crippen molar-refractivity contribution < 1.29 is 23.0 Å². The molecular weight excluding hydrogens is 638 g/mol. The summed E-state index contributed by atoms with van der Waals surface area (Å²) in [6.07, 6.45) is 2.91. The number of amides is 1. The zero-order valence-corrected chi connectivity index (χ0v) is 27.2. The molecule has 0 bridgehead atoms. The fourth-order valence-corrected chi connectivity index (χ4v) is 7.09. The minimum absolute atomic E-state index is 0.00280. The highest BCUT2D eigenvalue weighted by Gasteiger charge is 2.30. The third-order valence-electron chi connectivity index (χ3n) is 8.51. The number of nitrogens with zero attached hydrogens (tertiary/aromatic N) is 6. The van der Waals surface area contributed by atoms with Crippen molar-refractivity contribution in [1.82, 2.24) is 29.4 Å². The number of ether oxygens (including phenoxy) is 2. The molecule has 0 spiro atoms. The first-order chi connectivity index (χ1) is 23.2. The van der Waals surface area contributed by atoms with Crippen LogP contribution in [0, 0.1) is 11.6 Å². The number of methoxy groups -OCH3 is 1. The molecule has 0 radical (unpaired) electrons. The zero-order chi connectivity index (χ0) is 33.7. The van der Waals surface area contributed by atoms with Crippen LogP contribution in [0.25, 0.3) is 54.6 Å². The second-order valence-electron chi connectivity index (χ2n) is 11.5. The van der Waals surface area contributed by atoms with Crippen LogP contribution in [0.15, 0.2) is 71.5 Å². The summed E-state index contributed by atoms with van der Waals surface area (Å²) >= 11 is 1.38. The molecule has 1 unspecified atom stereocenters. The fraction of sp³-hybridized carbons (Fsp3) is 0.229. The van der Waals surface area contributed by atoms with E-state index in [9.17, 15) is 14.0 Å². The summed E-state index contributed by atoms with van der Waals surface area (Å²) in [5.74, 6) is -1.79. The van der Waals surface area contributed by atoms with Crippen molar-refractivity contribution in [2.75, 3.05) is 20.3 Å². The van der Waals surface area contributed by atoms with Crippen molar-refractivity contribution in [3.8, 4) is 39.5 Å². The van der Waals surface area contributed by atoms with Gasteiger partial charge in [-0.3, -0.25) is 14.3 Å². The Labute approximate surface area is 277 Å². The molecule has 1 atom stereocenters. The van der Waals surface area contributed by atoms with Crippen molar-refractivity contribution in [3.05, 3.63) is 94.4 Å². The van der Waals surface area contributed by atoms with Crippen LogP contribution in [0.4, 0.5) is 8.78 Å². The lowest BCUT2D eigenvalue weighted by Crippen LogP contribution is -2.44. The van der Waals surface area contributed by atoms with Gasteiger partial charge >= 0.3 is 0 Å². The van der Waals surface area contributed by atoms with Crippen LogP contribution < -0.4 is 10.3 Å². The number of halogens is 2. The second kappa shape index (κ2) is 12.4. The summed E-state index contributed by atoms with van der Waals surface area (Å²) < 4.78 is 45.5. The predicted molar refractivity (Wildman–Crippen MR) is 180 cm³/mol. The van der Waals surface area contributed by atoms with E-state index in [1.165, 1.54) is 29.2 Å². The highest BCUT2D eigenvalue weighted by molar-refractivity contribution is 7.18. The van der Waals surface area contributed by atoms with Crippen LogP contribution in [0.2, 0.25) is 0 Å². The van der Waals surface area contributed by atoms with E-state index >= 15 is 4.39 Å². The van der Waals surface area contributed by atoms with E-state index < -0.39 is 11.6 Å². The lowest BCUT2D eigenvalue weighted by atomic mass is 9.96. The Kier molecular flexibility index (Phi) is 8.09. The Morgan fingerprint density at radius 2 is 1.94 bits per heavy atom. The predicted octanol–water partition coefficient (Wildman–Crippen LogP) is 5.96. The van der Waals surface area contributed by atoms with Gasteiger partial charge in [-0.05, 0) is 42.6 Å². The highest BCUT2D eigenvalue weighted by atomic mass is 32.1. The van der Waals surface area contributed by atoms with Gasteiger partial charge in [0, 0.05) is 58.9 Å². The summed E-state index contributed by atoms with van der Waals surface area (Å²) in [4.78, 5) is 32.2. The van der Waals surface area contributed by atoms with Crippen molar-refractivity contribution in [3.63, 3.8) is 0 Å². The highest BCUT2D eigenvalue weighted by Crippen LogP contribution is 2.47. The van der Waals surface area contributed by atoms with E-state index in [1.54, 1.807) is 24.2 Å². The standard InChI is InChI=1S/C35H30F2N6O4S/c1-5-29(44)42-18-23-15-27(40-43(23)17-19(42)2)33-31(30-26(37)13-22(36)14-28(30)47-10-9-46-4)34-25(8-11-48-34)32(39-33)20-6-7-24-21(12-20)16-38-41(3)35(24)45/h5-8,11-16,19H,1,9-10,17-18H2,2-4H3. The largest absolute Gasteiger partial charge is 0.490 e. The van der Waals surface area contributed by atoms with Gasteiger partial charge in [0.05, 0.1) is 48.2 Å². The Hall–Kier alpha value is -5.27. The van der Waals surface area contributed by atoms with E-state index in [0.29, 0.717) is 56.8 Å². The van der Waals surface area contributed by atoms with Crippen LogP contribution in [0.3, 0.4) is 0 Å². The van der Waals surface area contributed by atoms with Crippen molar-refractivity contribution in [2.45, 2.75) is 26.1 Å². The van der Waals surface area contributed by atoms with Crippen LogP contribution >= 0.6 is 11.3 Å². The number of benzene rings is 2. The van der Waals surface area contributed by atoms with Gasteiger partial charge in [-0.2, -0.15) is 10.2 Å². The number of carbonyl (C=O) groups excluding carboxylic acids is 1. The number of carbonyl (C=O) groups is 1. The Morgan fingerprint density at radius 3 is 2.73 bits per heavy atom. The van der Waals surface area contributed by atoms with Gasteiger partial charge in [0.25, 0.3) is 5.56 Å². The quantitative estimate of drug-likeness (QED) is 0.146. The van der Waals surface area contributed by atoms with E-state index in [-0.39, 0.29) is 42.0 Å². The lowest BCUT2D eigenvalue weighted by molar-refractivity contribution is -0.129. The van der Waals surface area contributed by atoms with Crippen molar-refractivity contribution in [1.29, 1.82) is 0 Å². The molecule has 0 fully saturated rings.